The Balaban J connectivity index is 1.67. The van der Waals surface area contributed by atoms with E-state index in [4.69, 9.17) is 0 Å². The van der Waals surface area contributed by atoms with Crippen molar-refractivity contribution >= 4 is 11.7 Å². The van der Waals surface area contributed by atoms with Crippen LogP contribution in [0.15, 0.2) is 24.5 Å². The molecule has 0 saturated heterocycles. The van der Waals surface area contributed by atoms with Gasteiger partial charge in [-0.05, 0) is 12.0 Å². The Morgan fingerprint density at radius 2 is 2.12 bits per heavy atom. The molecule has 9 heteroatoms. The van der Waals surface area contributed by atoms with Crippen LogP contribution in [0, 0.1) is 0 Å². The van der Waals surface area contributed by atoms with E-state index < -0.39 is 0 Å². The van der Waals surface area contributed by atoms with Crippen molar-refractivity contribution in [2.75, 3.05) is 11.9 Å². The molecule has 0 radical (unpaired) electrons. The van der Waals surface area contributed by atoms with Crippen LogP contribution in [0.4, 0.5) is 5.82 Å². The molecule has 3 N–H and O–H groups in total. The Kier molecular flexibility index (Phi) is 4.21. The molecule has 1 aliphatic heterocycles. The van der Waals surface area contributed by atoms with E-state index in [0.717, 1.165) is 29.9 Å². The number of hydrogen-bond donors (Lipinski definition) is 3. The highest BCUT2D eigenvalue weighted by atomic mass is 16.2. The van der Waals surface area contributed by atoms with Gasteiger partial charge in [-0.1, -0.05) is 13.8 Å². The zero-order valence-electron chi connectivity index (χ0n) is 14.7. The van der Waals surface area contributed by atoms with Crippen LogP contribution >= 0.6 is 0 Å². The molecule has 26 heavy (non-hydrogen) atoms. The Morgan fingerprint density at radius 1 is 1.31 bits per heavy atom. The number of amides is 1. The van der Waals surface area contributed by atoms with Gasteiger partial charge in [0.15, 0.2) is 5.69 Å². The van der Waals surface area contributed by atoms with Crippen LogP contribution in [0.2, 0.25) is 0 Å². The predicted octanol–water partition coefficient (Wildman–Crippen LogP) is 1.41. The molecule has 9 nitrogen and oxygen atoms in total. The van der Waals surface area contributed by atoms with E-state index in [9.17, 15) is 4.79 Å². The Hall–Kier alpha value is -3.07. The molecule has 0 aliphatic carbocycles. The second-order valence-corrected chi connectivity index (χ2v) is 6.48. The third-order valence-corrected chi connectivity index (χ3v) is 4.32. The summed E-state index contributed by atoms with van der Waals surface area (Å²) in [5.41, 5.74) is 3.18. The van der Waals surface area contributed by atoms with Gasteiger partial charge in [-0.15, -0.1) is 0 Å². The summed E-state index contributed by atoms with van der Waals surface area (Å²) in [4.78, 5) is 21.3. The summed E-state index contributed by atoms with van der Waals surface area (Å²) in [7, 11) is 0. The number of nitrogens with zero attached hydrogens (tertiary/aromatic N) is 5. The number of aromatic nitrogens is 6. The molecular weight excluding hydrogens is 332 g/mol. The number of nitrogens with one attached hydrogen (secondary N) is 3. The number of H-pyrrole nitrogens is 1. The zero-order valence-corrected chi connectivity index (χ0v) is 14.7. The smallest absolute Gasteiger partial charge is 0.277 e. The van der Waals surface area contributed by atoms with E-state index in [-0.39, 0.29) is 11.8 Å². The minimum Gasteiger partial charge on any atom is -0.312 e. The first-order chi connectivity index (χ1) is 12.6. The van der Waals surface area contributed by atoms with Crippen molar-refractivity contribution in [1.29, 1.82) is 0 Å². The maximum Gasteiger partial charge on any atom is 0.277 e. The molecule has 0 saturated carbocycles. The molecule has 1 amide bonds. The Bertz CT molecular complexity index is 928. The Morgan fingerprint density at radius 3 is 2.88 bits per heavy atom. The van der Waals surface area contributed by atoms with Gasteiger partial charge in [0.2, 0.25) is 0 Å². The van der Waals surface area contributed by atoms with Crippen molar-refractivity contribution in [3.63, 3.8) is 0 Å². The third-order valence-electron chi connectivity index (χ3n) is 4.32. The lowest BCUT2D eigenvalue weighted by Gasteiger charge is -2.13. The zero-order chi connectivity index (χ0) is 18.1. The highest BCUT2D eigenvalue weighted by molar-refractivity contribution is 6.03. The molecule has 134 valence electrons. The molecule has 4 rings (SSSR count). The van der Waals surface area contributed by atoms with Crippen molar-refractivity contribution in [3.8, 4) is 5.95 Å². The average Bonchev–Trinajstić information content (AvgIpc) is 3.27. The fourth-order valence-electron chi connectivity index (χ4n) is 2.91. The fourth-order valence-corrected chi connectivity index (χ4v) is 2.91. The van der Waals surface area contributed by atoms with Crippen LogP contribution in [0.3, 0.4) is 0 Å². The average molecular weight is 352 g/mol. The number of carbonyl (C=O) groups excluding carboxylic acids is 1. The lowest BCUT2D eigenvalue weighted by atomic mass is 10.1. The summed E-state index contributed by atoms with van der Waals surface area (Å²) >= 11 is 0. The highest BCUT2D eigenvalue weighted by Gasteiger charge is 2.23. The van der Waals surface area contributed by atoms with Crippen LogP contribution in [0.25, 0.3) is 5.95 Å². The van der Waals surface area contributed by atoms with Gasteiger partial charge in [-0.2, -0.15) is 14.9 Å². The van der Waals surface area contributed by atoms with E-state index in [1.807, 2.05) is 19.9 Å². The summed E-state index contributed by atoms with van der Waals surface area (Å²) in [5.74, 6) is 0.849. The molecule has 3 aromatic rings. The molecule has 0 bridgehead atoms. The maximum absolute atomic E-state index is 12.8. The number of rotatable bonds is 4. The first kappa shape index (κ1) is 16.4. The van der Waals surface area contributed by atoms with Gasteiger partial charge in [0.1, 0.15) is 5.82 Å². The SMILES string of the molecule is CC(C)c1cc(NC(=O)c2n[nH]c3c2CNCC3)n(-c2ncccn2)n1. The Labute approximate surface area is 150 Å². The van der Waals surface area contributed by atoms with E-state index in [2.05, 4.69) is 35.9 Å². The number of aromatic amines is 1. The summed E-state index contributed by atoms with van der Waals surface area (Å²) in [6, 6.07) is 3.58. The minimum atomic E-state index is -0.279. The second-order valence-electron chi connectivity index (χ2n) is 6.48. The quantitative estimate of drug-likeness (QED) is 0.654. The van der Waals surface area contributed by atoms with Crippen molar-refractivity contribution < 1.29 is 4.79 Å². The van der Waals surface area contributed by atoms with Crippen molar-refractivity contribution in [3.05, 3.63) is 47.2 Å². The van der Waals surface area contributed by atoms with E-state index in [1.165, 1.54) is 0 Å². The van der Waals surface area contributed by atoms with Crippen LogP contribution in [0.1, 0.15) is 47.2 Å². The van der Waals surface area contributed by atoms with Crippen LogP contribution in [-0.4, -0.2) is 42.4 Å². The molecule has 3 aromatic heterocycles. The molecule has 0 spiro atoms. The monoisotopic (exact) mass is 352 g/mol. The molecule has 4 heterocycles. The second kappa shape index (κ2) is 6.68. The van der Waals surface area contributed by atoms with E-state index in [0.29, 0.717) is 24.0 Å². The molecule has 0 atom stereocenters. The number of anilines is 1. The normalized spacial score (nSPS) is 13.7. The van der Waals surface area contributed by atoms with Crippen molar-refractivity contribution in [2.45, 2.75) is 32.7 Å². The van der Waals surface area contributed by atoms with Gasteiger partial charge in [-0.3, -0.25) is 9.89 Å². The van der Waals surface area contributed by atoms with Crippen molar-refractivity contribution in [1.82, 2.24) is 35.3 Å². The highest BCUT2D eigenvalue weighted by Crippen LogP contribution is 2.22. The van der Waals surface area contributed by atoms with Gasteiger partial charge < -0.3 is 10.6 Å². The van der Waals surface area contributed by atoms with Crippen LogP contribution < -0.4 is 10.6 Å². The van der Waals surface area contributed by atoms with Gasteiger partial charge in [0, 0.05) is 49.2 Å². The first-order valence-electron chi connectivity index (χ1n) is 8.59. The maximum atomic E-state index is 12.8. The van der Waals surface area contributed by atoms with Gasteiger partial charge in [0.05, 0.1) is 5.69 Å². The number of hydrogen-bond acceptors (Lipinski definition) is 6. The minimum absolute atomic E-state index is 0.206. The number of carbonyl (C=O) groups is 1. The van der Waals surface area contributed by atoms with E-state index in [1.54, 1.807) is 23.1 Å². The predicted molar refractivity (Wildman–Crippen MR) is 95.2 cm³/mol. The molecule has 0 fully saturated rings. The lowest BCUT2D eigenvalue weighted by molar-refractivity contribution is 0.102. The summed E-state index contributed by atoms with van der Waals surface area (Å²) in [5, 5.41) is 17.9. The standard InChI is InChI=1S/C17H20N8O/c1-10(2)13-8-14(25(24-13)17-19-5-3-6-20-17)21-16(26)15-11-9-18-7-4-12(11)22-23-15/h3,5-6,8,10,18H,4,7,9H2,1-2H3,(H,21,26)(H,22,23). The third kappa shape index (κ3) is 2.97. The molecule has 1 aliphatic rings. The molecule has 0 aromatic carbocycles. The van der Waals surface area contributed by atoms with Gasteiger partial charge >= 0.3 is 0 Å². The summed E-state index contributed by atoms with van der Waals surface area (Å²) in [6.45, 7) is 5.60. The topological polar surface area (TPSA) is 113 Å². The molecule has 0 unspecified atom stereocenters. The lowest BCUT2D eigenvalue weighted by Crippen LogP contribution is -2.25. The van der Waals surface area contributed by atoms with Gasteiger partial charge in [-0.25, -0.2) is 9.97 Å². The van der Waals surface area contributed by atoms with E-state index >= 15 is 0 Å². The van der Waals surface area contributed by atoms with Crippen LogP contribution in [0.5, 0.6) is 0 Å². The molecular formula is C17H20N8O. The first-order valence-corrected chi connectivity index (χ1v) is 8.59. The fraction of sp³-hybridized carbons (Fsp3) is 0.353. The largest absolute Gasteiger partial charge is 0.312 e. The van der Waals surface area contributed by atoms with Crippen molar-refractivity contribution in [2.24, 2.45) is 0 Å². The summed E-state index contributed by atoms with van der Waals surface area (Å²) < 4.78 is 1.55. The van der Waals surface area contributed by atoms with Gasteiger partial charge in [0.25, 0.3) is 11.9 Å². The summed E-state index contributed by atoms with van der Waals surface area (Å²) in [6.07, 6.45) is 4.11. The number of fused-ring (bicyclic) bond motifs is 1. The van der Waals surface area contributed by atoms with Crippen LogP contribution in [-0.2, 0) is 13.0 Å².